The van der Waals surface area contributed by atoms with Gasteiger partial charge < -0.3 is 10.4 Å². The van der Waals surface area contributed by atoms with E-state index in [9.17, 15) is 10.1 Å². The van der Waals surface area contributed by atoms with Gasteiger partial charge in [0.1, 0.15) is 6.20 Å². The molecule has 1 heterocycles. The topological polar surface area (TPSA) is 93.2 Å². The number of hydrogen-bond acceptors (Lipinski definition) is 5. The first-order valence-corrected chi connectivity index (χ1v) is 4.69. The summed E-state index contributed by atoms with van der Waals surface area (Å²) in [5.74, 6) is 0.277. The minimum absolute atomic E-state index is 0.0288. The van der Waals surface area contributed by atoms with Crippen LogP contribution in [-0.4, -0.2) is 32.0 Å². The third-order valence-electron chi connectivity index (χ3n) is 2.46. The van der Waals surface area contributed by atoms with Gasteiger partial charge in [0.05, 0.1) is 11.0 Å². The number of hydrogen-bond donors (Lipinski definition) is 2. The van der Waals surface area contributed by atoms with Crippen LogP contribution in [0.5, 0.6) is 0 Å². The van der Waals surface area contributed by atoms with E-state index in [2.05, 4.69) is 10.4 Å². The van der Waals surface area contributed by atoms with Gasteiger partial charge >= 0.3 is 5.69 Å². The Balaban J connectivity index is 2.10. The van der Waals surface area contributed by atoms with E-state index in [-0.39, 0.29) is 23.7 Å². The van der Waals surface area contributed by atoms with Crippen LogP contribution in [0.2, 0.25) is 0 Å². The molecule has 0 spiro atoms. The number of rotatable bonds is 3. The maximum atomic E-state index is 10.7. The normalized spacial score (nSPS) is 24.7. The predicted octanol–water partition coefficient (Wildman–Crippen LogP) is 0.263. The third kappa shape index (κ3) is 1.91. The molecule has 15 heavy (non-hydrogen) atoms. The Morgan fingerprint density at radius 1 is 1.73 bits per heavy atom. The third-order valence-corrected chi connectivity index (χ3v) is 2.46. The summed E-state index contributed by atoms with van der Waals surface area (Å²) in [5.41, 5.74) is -0.0288. The molecule has 0 radical (unpaired) electrons. The van der Waals surface area contributed by atoms with Gasteiger partial charge in [-0.05, 0) is 12.8 Å². The van der Waals surface area contributed by atoms with Crippen LogP contribution in [0.1, 0.15) is 12.8 Å². The minimum atomic E-state index is -0.468. The highest BCUT2D eigenvalue weighted by molar-refractivity contribution is 5.55. The number of aliphatic hydroxyl groups is 1. The smallest absolute Gasteiger partial charge is 0.330 e. The van der Waals surface area contributed by atoms with Crippen LogP contribution in [0.3, 0.4) is 0 Å². The summed E-state index contributed by atoms with van der Waals surface area (Å²) in [4.78, 5) is 10.2. The zero-order valence-electron chi connectivity index (χ0n) is 8.25. The van der Waals surface area contributed by atoms with Crippen molar-refractivity contribution < 1.29 is 10.0 Å². The molecule has 1 fully saturated rings. The zero-order valence-corrected chi connectivity index (χ0v) is 8.25. The SMILES string of the molecule is Cn1cc([N+](=O)[O-])c(NC2CC(O)C2)n1. The Labute approximate surface area is 85.9 Å². The monoisotopic (exact) mass is 212 g/mol. The molecule has 0 unspecified atom stereocenters. The van der Waals surface area contributed by atoms with Crippen LogP contribution in [0.4, 0.5) is 11.5 Å². The van der Waals surface area contributed by atoms with Crippen LogP contribution in [0, 0.1) is 10.1 Å². The number of aryl methyl sites for hydroxylation is 1. The summed E-state index contributed by atoms with van der Waals surface area (Å²) in [6, 6.07) is 0.0913. The Bertz CT molecular complexity index is 383. The Morgan fingerprint density at radius 3 is 2.93 bits per heavy atom. The molecule has 1 aromatic rings. The molecule has 0 aliphatic heterocycles. The van der Waals surface area contributed by atoms with Crippen molar-refractivity contribution >= 4 is 11.5 Å². The van der Waals surface area contributed by atoms with Crippen LogP contribution in [-0.2, 0) is 7.05 Å². The van der Waals surface area contributed by atoms with E-state index < -0.39 is 4.92 Å². The van der Waals surface area contributed by atoms with Crippen molar-refractivity contribution in [3.8, 4) is 0 Å². The molecule has 0 amide bonds. The van der Waals surface area contributed by atoms with Crippen LogP contribution in [0.15, 0.2) is 6.20 Å². The second kappa shape index (κ2) is 3.50. The van der Waals surface area contributed by atoms with E-state index in [1.54, 1.807) is 7.05 Å². The number of aromatic nitrogens is 2. The van der Waals surface area contributed by atoms with Crippen LogP contribution in [0.25, 0.3) is 0 Å². The minimum Gasteiger partial charge on any atom is -0.393 e. The first-order chi connectivity index (χ1) is 7.06. The second-order valence-corrected chi connectivity index (χ2v) is 3.76. The molecule has 7 nitrogen and oxygen atoms in total. The van der Waals surface area contributed by atoms with E-state index >= 15 is 0 Å². The predicted molar refractivity (Wildman–Crippen MR) is 52.5 cm³/mol. The van der Waals surface area contributed by atoms with E-state index in [4.69, 9.17) is 5.11 Å². The molecule has 0 saturated heterocycles. The standard InChI is InChI=1S/C8H12N4O3/c1-11-4-7(12(14)15)8(10-11)9-5-2-6(13)3-5/h4-6,13H,2-3H2,1H3,(H,9,10). The molecule has 7 heteroatoms. The highest BCUT2D eigenvalue weighted by atomic mass is 16.6. The molecule has 2 N–H and O–H groups in total. The Kier molecular flexibility index (Phi) is 2.31. The summed E-state index contributed by atoms with van der Waals surface area (Å²) in [6.45, 7) is 0. The van der Waals surface area contributed by atoms with Gasteiger partial charge in [-0.15, -0.1) is 5.10 Å². The average molecular weight is 212 g/mol. The van der Waals surface area contributed by atoms with Gasteiger partial charge in [0.2, 0.25) is 5.82 Å². The fourth-order valence-electron chi connectivity index (χ4n) is 1.61. The summed E-state index contributed by atoms with van der Waals surface area (Å²) >= 11 is 0. The van der Waals surface area contributed by atoms with Crippen molar-refractivity contribution in [1.29, 1.82) is 0 Å². The lowest BCUT2D eigenvalue weighted by Gasteiger charge is -2.31. The van der Waals surface area contributed by atoms with Gasteiger partial charge in [0, 0.05) is 13.1 Å². The van der Waals surface area contributed by atoms with Crippen molar-refractivity contribution in [1.82, 2.24) is 9.78 Å². The first-order valence-electron chi connectivity index (χ1n) is 4.69. The maximum Gasteiger partial charge on any atom is 0.330 e. The first kappa shape index (κ1) is 9.91. The molecule has 2 rings (SSSR count). The summed E-state index contributed by atoms with van der Waals surface area (Å²) in [6.07, 6.45) is 2.31. The van der Waals surface area contributed by atoms with Crippen molar-refractivity contribution in [3.05, 3.63) is 16.3 Å². The van der Waals surface area contributed by atoms with Crippen molar-refractivity contribution in [2.75, 3.05) is 5.32 Å². The van der Waals surface area contributed by atoms with Crippen molar-refractivity contribution in [2.45, 2.75) is 25.0 Å². The van der Waals surface area contributed by atoms with Gasteiger partial charge in [-0.1, -0.05) is 0 Å². The highest BCUT2D eigenvalue weighted by Gasteiger charge is 2.30. The van der Waals surface area contributed by atoms with Gasteiger partial charge in [-0.25, -0.2) is 0 Å². The average Bonchev–Trinajstić information content (AvgIpc) is 2.44. The van der Waals surface area contributed by atoms with Gasteiger partial charge in [0.25, 0.3) is 0 Å². The van der Waals surface area contributed by atoms with E-state index in [1.165, 1.54) is 10.9 Å². The molecule has 82 valence electrons. The zero-order chi connectivity index (χ0) is 11.0. The lowest BCUT2D eigenvalue weighted by molar-refractivity contribution is -0.384. The highest BCUT2D eigenvalue weighted by Crippen LogP contribution is 2.28. The molecule has 0 bridgehead atoms. The second-order valence-electron chi connectivity index (χ2n) is 3.76. The van der Waals surface area contributed by atoms with E-state index in [0.717, 1.165) is 0 Å². The molecular formula is C8H12N4O3. The lowest BCUT2D eigenvalue weighted by atomic mass is 9.89. The Hall–Kier alpha value is -1.63. The fourth-order valence-corrected chi connectivity index (χ4v) is 1.61. The maximum absolute atomic E-state index is 10.7. The molecule has 1 aliphatic carbocycles. The molecule has 1 aromatic heterocycles. The van der Waals surface area contributed by atoms with Crippen LogP contribution < -0.4 is 5.32 Å². The van der Waals surface area contributed by atoms with Gasteiger partial charge in [-0.3, -0.25) is 14.8 Å². The molecule has 1 aliphatic rings. The Morgan fingerprint density at radius 2 is 2.40 bits per heavy atom. The number of nitrogens with zero attached hydrogens (tertiary/aromatic N) is 3. The van der Waals surface area contributed by atoms with Gasteiger partial charge in [-0.2, -0.15) is 0 Å². The van der Waals surface area contributed by atoms with E-state index in [1.807, 2.05) is 0 Å². The lowest BCUT2D eigenvalue weighted by Crippen LogP contribution is -2.39. The summed E-state index contributed by atoms with van der Waals surface area (Å²) in [7, 11) is 1.63. The summed E-state index contributed by atoms with van der Waals surface area (Å²) in [5, 5.41) is 26.6. The van der Waals surface area contributed by atoms with Crippen molar-refractivity contribution in [3.63, 3.8) is 0 Å². The molecule has 1 saturated carbocycles. The van der Waals surface area contributed by atoms with E-state index in [0.29, 0.717) is 12.8 Å². The number of aliphatic hydroxyl groups excluding tert-OH is 1. The molecular weight excluding hydrogens is 200 g/mol. The number of anilines is 1. The number of nitro groups is 1. The number of nitrogens with one attached hydrogen (secondary N) is 1. The molecule has 0 aromatic carbocycles. The van der Waals surface area contributed by atoms with Gasteiger partial charge in [0.15, 0.2) is 0 Å². The fraction of sp³-hybridized carbons (Fsp3) is 0.625. The quantitative estimate of drug-likeness (QED) is 0.553. The largest absolute Gasteiger partial charge is 0.393 e. The van der Waals surface area contributed by atoms with Crippen LogP contribution >= 0.6 is 0 Å². The summed E-state index contributed by atoms with van der Waals surface area (Å²) < 4.78 is 1.40. The van der Waals surface area contributed by atoms with Crippen molar-refractivity contribution in [2.24, 2.45) is 7.05 Å². The molecule has 0 atom stereocenters.